The number of rotatable bonds is 9. The van der Waals surface area contributed by atoms with Crippen molar-refractivity contribution >= 4 is 0 Å². The first-order valence-electron chi connectivity index (χ1n) is 7.96. The van der Waals surface area contributed by atoms with E-state index in [-0.39, 0.29) is 0 Å². The minimum Gasteiger partial charge on any atom is -0.374 e. The molecule has 1 aliphatic rings. The largest absolute Gasteiger partial charge is 0.374 e. The van der Waals surface area contributed by atoms with Crippen LogP contribution in [-0.4, -0.2) is 74.4 Å². The molecule has 0 amide bonds. The Balaban J connectivity index is 2.11. The van der Waals surface area contributed by atoms with Gasteiger partial charge in [0, 0.05) is 38.8 Å². The maximum Gasteiger partial charge on any atom is 0.0826 e. The zero-order valence-corrected chi connectivity index (χ0v) is 13.3. The zero-order valence-electron chi connectivity index (χ0n) is 13.3. The zero-order chi connectivity index (χ0) is 14.1. The van der Waals surface area contributed by atoms with Crippen LogP contribution in [-0.2, 0) is 4.74 Å². The van der Waals surface area contributed by atoms with Crippen LogP contribution in [0.5, 0.6) is 0 Å². The highest BCUT2D eigenvalue weighted by molar-refractivity contribution is 4.75. The van der Waals surface area contributed by atoms with E-state index in [1.54, 1.807) is 0 Å². The quantitative estimate of drug-likeness (QED) is 0.642. The summed E-state index contributed by atoms with van der Waals surface area (Å²) in [5.74, 6) is 0. The van der Waals surface area contributed by atoms with E-state index in [1.165, 1.54) is 13.0 Å². The molecular formula is C15H33N3O. The lowest BCUT2D eigenvalue weighted by Crippen LogP contribution is -2.49. The van der Waals surface area contributed by atoms with Crippen LogP contribution in [0.1, 0.15) is 34.1 Å². The van der Waals surface area contributed by atoms with E-state index in [2.05, 4.69) is 42.8 Å². The van der Waals surface area contributed by atoms with Crippen LogP contribution < -0.4 is 5.32 Å². The number of likely N-dealkylation sites (N-methyl/N-ethyl adjacent to an activating group) is 1. The highest BCUT2D eigenvalue weighted by atomic mass is 16.5. The summed E-state index contributed by atoms with van der Waals surface area (Å²) in [6.45, 7) is 17.6. The van der Waals surface area contributed by atoms with Crippen LogP contribution in [0, 0.1) is 0 Å². The van der Waals surface area contributed by atoms with Crippen molar-refractivity contribution in [3.05, 3.63) is 0 Å². The van der Waals surface area contributed by atoms with E-state index in [0.29, 0.717) is 12.1 Å². The average molecular weight is 271 g/mol. The molecule has 1 fully saturated rings. The Hall–Kier alpha value is -0.160. The molecule has 114 valence electrons. The topological polar surface area (TPSA) is 27.7 Å². The fraction of sp³-hybridized carbons (Fsp3) is 1.00. The first kappa shape index (κ1) is 16.9. The van der Waals surface area contributed by atoms with E-state index in [9.17, 15) is 0 Å². The van der Waals surface area contributed by atoms with Crippen molar-refractivity contribution < 1.29 is 4.74 Å². The number of hydrogen-bond donors (Lipinski definition) is 1. The summed E-state index contributed by atoms with van der Waals surface area (Å²) in [5.41, 5.74) is 0. The Morgan fingerprint density at radius 3 is 2.74 bits per heavy atom. The normalized spacial score (nSPS) is 21.5. The Kier molecular flexibility index (Phi) is 8.62. The molecule has 0 aromatic rings. The van der Waals surface area contributed by atoms with Crippen LogP contribution in [0.3, 0.4) is 0 Å². The molecule has 0 aromatic heterocycles. The Morgan fingerprint density at radius 1 is 1.32 bits per heavy atom. The molecule has 4 heteroatoms. The van der Waals surface area contributed by atoms with E-state index in [0.717, 1.165) is 45.9 Å². The van der Waals surface area contributed by atoms with Crippen LogP contribution in [0.4, 0.5) is 0 Å². The van der Waals surface area contributed by atoms with E-state index in [1.807, 2.05) is 0 Å². The Morgan fingerprint density at radius 2 is 2.11 bits per heavy atom. The Bertz CT molecular complexity index is 223. The molecule has 1 unspecified atom stereocenters. The molecule has 0 bridgehead atoms. The molecule has 0 saturated carbocycles. The maximum absolute atomic E-state index is 5.82. The third kappa shape index (κ3) is 6.70. The van der Waals surface area contributed by atoms with Crippen molar-refractivity contribution in [3.63, 3.8) is 0 Å². The second-order valence-electron chi connectivity index (χ2n) is 5.72. The molecule has 0 radical (unpaired) electrons. The van der Waals surface area contributed by atoms with Crippen LogP contribution in [0.2, 0.25) is 0 Å². The van der Waals surface area contributed by atoms with Crippen LogP contribution in [0.25, 0.3) is 0 Å². The highest BCUT2D eigenvalue weighted by Gasteiger charge is 2.21. The second-order valence-corrected chi connectivity index (χ2v) is 5.72. The fourth-order valence-electron chi connectivity index (χ4n) is 2.58. The molecule has 0 spiro atoms. The third-order valence-corrected chi connectivity index (χ3v) is 3.86. The van der Waals surface area contributed by atoms with Crippen LogP contribution in [0.15, 0.2) is 0 Å². The lowest BCUT2D eigenvalue weighted by molar-refractivity contribution is -0.0371. The fourth-order valence-corrected chi connectivity index (χ4v) is 2.58. The van der Waals surface area contributed by atoms with Gasteiger partial charge in [0.25, 0.3) is 0 Å². The van der Waals surface area contributed by atoms with Gasteiger partial charge in [0.15, 0.2) is 0 Å². The number of nitrogens with zero attached hydrogens (tertiary/aromatic N) is 2. The number of nitrogens with one attached hydrogen (secondary N) is 1. The number of hydrogen-bond acceptors (Lipinski definition) is 4. The molecule has 1 heterocycles. The van der Waals surface area contributed by atoms with E-state index in [4.69, 9.17) is 4.74 Å². The van der Waals surface area contributed by atoms with Crippen molar-refractivity contribution in [3.8, 4) is 0 Å². The van der Waals surface area contributed by atoms with Crippen molar-refractivity contribution in [2.45, 2.75) is 46.3 Å². The summed E-state index contributed by atoms with van der Waals surface area (Å²) < 4.78 is 5.82. The van der Waals surface area contributed by atoms with Crippen molar-refractivity contribution in [1.82, 2.24) is 15.1 Å². The first-order chi connectivity index (χ1) is 9.17. The van der Waals surface area contributed by atoms with Gasteiger partial charge in [0.1, 0.15) is 0 Å². The monoisotopic (exact) mass is 271 g/mol. The molecule has 1 rings (SSSR count). The summed E-state index contributed by atoms with van der Waals surface area (Å²) in [6, 6.07) is 0.631. The molecule has 1 saturated heterocycles. The van der Waals surface area contributed by atoms with Crippen molar-refractivity contribution in [1.29, 1.82) is 0 Å². The van der Waals surface area contributed by atoms with E-state index < -0.39 is 0 Å². The van der Waals surface area contributed by atoms with Gasteiger partial charge >= 0.3 is 0 Å². The van der Waals surface area contributed by atoms with Crippen molar-refractivity contribution in [2.75, 3.05) is 52.4 Å². The molecule has 19 heavy (non-hydrogen) atoms. The van der Waals surface area contributed by atoms with Crippen molar-refractivity contribution in [2.24, 2.45) is 0 Å². The smallest absolute Gasteiger partial charge is 0.0826 e. The minimum absolute atomic E-state index is 0.359. The standard InChI is InChI=1S/C15H33N3O/c1-5-8-17(6-2)9-7-16-12-15-13-18(14(3)4)10-11-19-15/h14-16H,5-13H2,1-4H3. The highest BCUT2D eigenvalue weighted by Crippen LogP contribution is 2.07. The molecule has 1 N–H and O–H groups in total. The van der Waals surface area contributed by atoms with Gasteiger partial charge in [0.05, 0.1) is 12.7 Å². The lowest BCUT2D eigenvalue weighted by atomic mass is 10.2. The van der Waals surface area contributed by atoms with Crippen LogP contribution >= 0.6 is 0 Å². The average Bonchev–Trinajstić information content (AvgIpc) is 2.42. The number of ether oxygens (including phenoxy) is 1. The number of morpholine rings is 1. The SMILES string of the molecule is CCCN(CC)CCNCC1CN(C(C)C)CCO1. The maximum atomic E-state index is 5.82. The molecule has 0 aromatic carbocycles. The van der Waals surface area contributed by atoms with Gasteiger partial charge in [-0.05, 0) is 33.4 Å². The summed E-state index contributed by atoms with van der Waals surface area (Å²) in [5, 5.41) is 3.54. The van der Waals surface area contributed by atoms with E-state index >= 15 is 0 Å². The summed E-state index contributed by atoms with van der Waals surface area (Å²) in [4.78, 5) is 5.00. The third-order valence-electron chi connectivity index (χ3n) is 3.86. The predicted molar refractivity (Wildman–Crippen MR) is 81.7 cm³/mol. The minimum atomic E-state index is 0.359. The van der Waals surface area contributed by atoms with Gasteiger partial charge in [-0.15, -0.1) is 0 Å². The molecule has 1 atom stereocenters. The van der Waals surface area contributed by atoms with Gasteiger partial charge in [-0.25, -0.2) is 0 Å². The van der Waals surface area contributed by atoms with Gasteiger partial charge in [-0.2, -0.15) is 0 Å². The summed E-state index contributed by atoms with van der Waals surface area (Å²) in [6.07, 6.45) is 1.60. The first-order valence-corrected chi connectivity index (χ1v) is 7.96. The lowest BCUT2D eigenvalue weighted by Gasteiger charge is -2.35. The second kappa shape index (κ2) is 9.70. The predicted octanol–water partition coefficient (Wildman–Crippen LogP) is 1.42. The summed E-state index contributed by atoms with van der Waals surface area (Å²) in [7, 11) is 0. The van der Waals surface area contributed by atoms with Gasteiger partial charge in [-0.1, -0.05) is 13.8 Å². The van der Waals surface area contributed by atoms with Gasteiger partial charge in [0.2, 0.25) is 0 Å². The molecule has 0 aliphatic carbocycles. The molecule has 1 aliphatic heterocycles. The Labute approximate surface area is 119 Å². The summed E-state index contributed by atoms with van der Waals surface area (Å²) >= 11 is 0. The van der Waals surface area contributed by atoms with Gasteiger partial charge < -0.3 is 15.0 Å². The molecule has 4 nitrogen and oxygen atoms in total. The van der Waals surface area contributed by atoms with Gasteiger partial charge in [-0.3, -0.25) is 4.90 Å². The molecular weight excluding hydrogens is 238 g/mol.